The molecule has 0 saturated carbocycles. The third-order valence-corrected chi connectivity index (χ3v) is 6.16. The number of hydrogen-bond donors (Lipinski definition) is 2. The van der Waals surface area contributed by atoms with Crippen molar-refractivity contribution in [2.24, 2.45) is 4.99 Å². The van der Waals surface area contributed by atoms with Crippen molar-refractivity contribution in [3.63, 3.8) is 0 Å². The monoisotopic (exact) mass is 457 g/mol. The zero-order chi connectivity index (χ0) is 21.8. The fourth-order valence-electron chi connectivity index (χ4n) is 3.02. The second kappa shape index (κ2) is 8.87. The summed E-state index contributed by atoms with van der Waals surface area (Å²) in [4.78, 5) is 4.45. The van der Waals surface area contributed by atoms with Crippen LogP contribution in [0.1, 0.15) is 12.5 Å². The number of para-hydroxylation sites is 2. The second-order valence-corrected chi connectivity index (χ2v) is 8.69. The van der Waals surface area contributed by atoms with Gasteiger partial charge in [-0.25, -0.2) is 18.1 Å². The summed E-state index contributed by atoms with van der Waals surface area (Å²) in [6, 6.07) is 19.2. The van der Waals surface area contributed by atoms with Crippen LogP contribution < -0.4 is 19.5 Å². The first-order chi connectivity index (χ1) is 15.0. The largest absolute Gasteiger partial charge is 0.494 e. The molecule has 3 aromatic carbocycles. The minimum Gasteiger partial charge on any atom is -0.494 e. The summed E-state index contributed by atoms with van der Waals surface area (Å²) >= 11 is 6.18. The molecule has 0 saturated heterocycles. The number of halogens is 1. The highest BCUT2D eigenvalue weighted by Gasteiger charge is 2.29. The topological polar surface area (TPSA) is 89.0 Å². The zero-order valence-electron chi connectivity index (χ0n) is 16.6. The number of sulfonamides is 1. The van der Waals surface area contributed by atoms with Gasteiger partial charge < -0.3 is 14.8 Å². The van der Waals surface area contributed by atoms with Crippen molar-refractivity contribution in [1.82, 2.24) is 4.72 Å². The first kappa shape index (κ1) is 21.0. The van der Waals surface area contributed by atoms with Gasteiger partial charge in [-0.2, -0.15) is 0 Å². The van der Waals surface area contributed by atoms with Gasteiger partial charge in [0.05, 0.1) is 18.2 Å². The summed E-state index contributed by atoms with van der Waals surface area (Å²) < 4.78 is 39.3. The first-order valence-electron chi connectivity index (χ1n) is 9.57. The fourth-order valence-corrected chi connectivity index (χ4v) is 4.35. The number of ether oxygens (including phenoxy) is 2. The molecule has 0 bridgehead atoms. The molecular weight excluding hydrogens is 438 g/mol. The van der Waals surface area contributed by atoms with Gasteiger partial charge >= 0.3 is 0 Å². The van der Waals surface area contributed by atoms with Gasteiger partial charge in [0.2, 0.25) is 5.96 Å². The zero-order valence-corrected chi connectivity index (χ0v) is 18.2. The van der Waals surface area contributed by atoms with Crippen molar-refractivity contribution >= 4 is 33.3 Å². The molecule has 0 spiro atoms. The minimum atomic E-state index is -3.81. The lowest BCUT2D eigenvalue weighted by Crippen LogP contribution is -2.40. The molecule has 1 heterocycles. The van der Waals surface area contributed by atoms with E-state index in [9.17, 15) is 8.42 Å². The normalized spacial score (nSPS) is 15.5. The lowest BCUT2D eigenvalue weighted by atomic mass is 10.2. The highest BCUT2D eigenvalue weighted by atomic mass is 35.5. The molecule has 0 aromatic heterocycles. The van der Waals surface area contributed by atoms with Crippen molar-refractivity contribution in [3.8, 4) is 17.2 Å². The maximum absolute atomic E-state index is 12.8. The second-order valence-electron chi connectivity index (χ2n) is 6.63. The van der Waals surface area contributed by atoms with Crippen LogP contribution in [0.25, 0.3) is 0 Å². The van der Waals surface area contributed by atoms with E-state index in [-0.39, 0.29) is 17.4 Å². The molecule has 1 aliphatic heterocycles. The van der Waals surface area contributed by atoms with E-state index in [0.29, 0.717) is 28.8 Å². The number of anilines is 1. The van der Waals surface area contributed by atoms with Crippen LogP contribution >= 0.6 is 11.6 Å². The summed E-state index contributed by atoms with van der Waals surface area (Å²) in [5, 5.41) is 3.45. The summed E-state index contributed by atoms with van der Waals surface area (Å²) in [6.45, 7) is 2.79. The van der Waals surface area contributed by atoms with Crippen LogP contribution in [0.5, 0.6) is 17.2 Å². The predicted molar refractivity (Wildman–Crippen MR) is 121 cm³/mol. The van der Waals surface area contributed by atoms with Gasteiger partial charge in [-0.05, 0) is 48.9 Å². The first-order valence-corrected chi connectivity index (χ1v) is 11.4. The SMILES string of the molecule is CCOc1ccc(CN=C2Nc3c(Oc4ccccc4Cl)cccc3S(=O)(=O)N2)cc1. The Balaban J connectivity index is 1.61. The third-order valence-electron chi connectivity index (χ3n) is 4.46. The summed E-state index contributed by atoms with van der Waals surface area (Å²) in [7, 11) is -3.81. The van der Waals surface area contributed by atoms with Crippen molar-refractivity contribution in [3.05, 3.63) is 77.3 Å². The number of aliphatic imine (C=N–C) groups is 1. The molecular formula is C22H20ClN3O4S. The third kappa shape index (κ3) is 4.76. The molecule has 2 N–H and O–H groups in total. The molecule has 0 unspecified atom stereocenters. The quantitative estimate of drug-likeness (QED) is 0.555. The van der Waals surface area contributed by atoms with Crippen LogP contribution in [0.4, 0.5) is 5.69 Å². The molecule has 0 amide bonds. The fraction of sp³-hybridized carbons (Fsp3) is 0.136. The Bertz CT molecular complexity index is 1230. The van der Waals surface area contributed by atoms with Crippen LogP contribution in [0.15, 0.2) is 76.6 Å². The average Bonchev–Trinajstić information content (AvgIpc) is 2.75. The van der Waals surface area contributed by atoms with Crippen LogP contribution in [0.3, 0.4) is 0 Å². The van der Waals surface area contributed by atoms with Gasteiger partial charge in [-0.3, -0.25) is 0 Å². The lowest BCUT2D eigenvalue weighted by molar-refractivity contribution is 0.340. The molecule has 7 nitrogen and oxygen atoms in total. The van der Waals surface area contributed by atoms with Crippen LogP contribution in [0, 0.1) is 0 Å². The molecule has 3 aromatic rings. The predicted octanol–water partition coefficient (Wildman–Crippen LogP) is 4.79. The number of fused-ring (bicyclic) bond motifs is 1. The number of hydrogen-bond acceptors (Lipinski definition) is 5. The van der Waals surface area contributed by atoms with E-state index in [1.54, 1.807) is 36.4 Å². The lowest BCUT2D eigenvalue weighted by Gasteiger charge is -2.23. The average molecular weight is 458 g/mol. The standard InChI is InChI=1S/C22H20ClN3O4S/c1-2-29-16-12-10-15(11-13-16)14-24-22-25-21-19(30-18-7-4-3-6-17(18)23)8-5-9-20(21)31(27,28)26-22/h3-13H,2,14H2,1H3,(H2,24,25,26). The Morgan fingerprint density at radius 2 is 1.71 bits per heavy atom. The minimum absolute atomic E-state index is 0.0667. The molecule has 9 heteroatoms. The molecule has 0 fully saturated rings. The molecule has 0 radical (unpaired) electrons. The van der Waals surface area contributed by atoms with E-state index in [1.165, 1.54) is 6.07 Å². The summed E-state index contributed by atoms with van der Waals surface area (Å²) in [5.41, 5.74) is 1.20. The number of rotatable bonds is 6. The Hall–Kier alpha value is -3.23. The van der Waals surface area contributed by atoms with E-state index in [1.807, 2.05) is 31.2 Å². The van der Waals surface area contributed by atoms with Crippen LogP contribution in [-0.2, 0) is 16.6 Å². The van der Waals surface area contributed by atoms with E-state index >= 15 is 0 Å². The number of benzene rings is 3. The van der Waals surface area contributed by atoms with Crippen molar-refractivity contribution < 1.29 is 17.9 Å². The molecule has 160 valence electrons. The molecule has 1 aliphatic rings. The van der Waals surface area contributed by atoms with Gasteiger partial charge in [0, 0.05) is 0 Å². The Labute approximate surface area is 185 Å². The van der Waals surface area contributed by atoms with Crippen LogP contribution in [-0.4, -0.2) is 21.0 Å². The molecule has 0 atom stereocenters. The maximum atomic E-state index is 12.8. The Kier molecular flexibility index (Phi) is 6.01. The molecule has 4 rings (SSSR count). The van der Waals surface area contributed by atoms with E-state index in [0.717, 1.165) is 11.3 Å². The van der Waals surface area contributed by atoms with E-state index in [4.69, 9.17) is 21.1 Å². The van der Waals surface area contributed by atoms with Crippen LogP contribution in [0.2, 0.25) is 5.02 Å². The van der Waals surface area contributed by atoms with Gasteiger partial charge in [0.15, 0.2) is 5.75 Å². The highest BCUT2D eigenvalue weighted by Crippen LogP contribution is 2.38. The van der Waals surface area contributed by atoms with Crippen molar-refractivity contribution in [1.29, 1.82) is 0 Å². The molecule has 31 heavy (non-hydrogen) atoms. The van der Waals surface area contributed by atoms with Gasteiger partial charge in [-0.1, -0.05) is 41.9 Å². The van der Waals surface area contributed by atoms with Gasteiger partial charge in [0.1, 0.15) is 22.1 Å². The van der Waals surface area contributed by atoms with E-state index < -0.39 is 10.0 Å². The maximum Gasteiger partial charge on any atom is 0.266 e. The number of nitrogens with zero attached hydrogens (tertiary/aromatic N) is 1. The summed E-state index contributed by atoms with van der Waals surface area (Å²) in [5.74, 6) is 1.62. The highest BCUT2D eigenvalue weighted by molar-refractivity contribution is 7.90. The van der Waals surface area contributed by atoms with E-state index in [2.05, 4.69) is 15.0 Å². The Morgan fingerprint density at radius 1 is 0.968 bits per heavy atom. The number of guanidine groups is 1. The summed E-state index contributed by atoms with van der Waals surface area (Å²) in [6.07, 6.45) is 0. The van der Waals surface area contributed by atoms with Gasteiger partial charge in [0.25, 0.3) is 10.0 Å². The van der Waals surface area contributed by atoms with Crippen molar-refractivity contribution in [2.75, 3.05) is 11.9 Å². The van der Waals surface area contributed by atoms with Crippen molar-refractivity contribution in [2.45, 2.75) is 18.4 Å². The van der Waals surface area contributed by atoms with Gasteiger partial charge in [-0.15, -0.1) is 0 Å². The molecule has 0 aliphatic carbocycles. The smallest absolute Gasteiger partial charge is 0.266 e. The Morgan fingerprint density at radius 3 is 2.45 bits per heavy atom. The number of nitrogens with one attached hydrogen (secondary N) is 2.